The van der Waals surface area contributed by atoms with E-state index in [4.69, 9.17) is 0 Å². The van der Waals surface area contributed by atoms with Gasteiger partial charge in [-0.25, -0.2) is 0 Å². The third-order valence-electron chi connectivity index (χ3n) is 4.00. The molecule has 1 unspecified atom stereocenters. The van der Waals surface area contributed by atoms with Gasteiger partial charge in [-0.3, -0.25) is 14.6 Å². The molecular weight excluding hydrogens is 421 g/mol. The van der Waals surface area contributed by atoms with Crippen LogP contribution >= 0.6 is 24.0 Å². The molecule has 0 bridgehead atoms. The minimum Gasteiger partial charge on any atom is -0.359 e. The molecule has 2 amide bonds. The van der Waals surface area contributed by atoms with Crippen molar-refractivity contribution in [1.29, 1.82) is 0 Å². The molecule has 1 saturated heterocycles. The molecule has 140 valence electrons. The number of likely N-dealkylation sites (tertiary alicyclic amines) is 1. The van der Waals surface area contributed by atoms with E-state index >= 15 is 0 Å². The molecule has 1 fully saturated rings. The van der Waals surface area contributed by atoms with Gasteiger partial charge in [-0.2, -0.15) is 0 Å². The Balaban J connectivity index is 0.00000529. The summed E-state index contributed by atoms with van der Waals surface area (Å²) in [6.07, 6.45) is 1.45. The van der Waals surface area contributed by atoms with Crippen LogP contribution in [0.1, 0.15) is 40.5 Å². The minimum absolute atomic E-state index is 0. The van der Waals surface area contributed by atoms with Gasteiger partial charge >= 0.3 is 0 Å². The van der Waals surface area contributed by atoms with E-state index in [1.165, 1.54) is 0 Å². The molecule has 0 aromatic carbocycles. The molecule has 8 heteroatoms. The molecule has 0 aromatic rings. The Bertz CT molecular complexity index is 454. The molecule has 1 heterocycles. The Morgan fingerprint density at radius 2 is 1.96 bits per heavy atom. The Kier molecular flexibility index (Phi) is 10.3. The summed E-state index contributed by atoms with van der Waals surface area (Å²) in [4.78, 5) is 30.0. The number of nitrogens with one attached hydrogen (secondary N) is 3. The zero-order valence-corrected chi connectivity index (χ0v) is 17.8. The van der Waals surface area contributed by atoms with E-state index in [0.29, 0.717) is 25.5 Å². The highest BCUT2D eigenvalue weighted by molar-refractivity contribution is 14.0. The largest absolute Gasteiger partial charge is 0.359 e. The van der Waals surface area contributed by atoms with Crippen molar-refractivity contribution in [1.82, 2.24) is 20.9 Å². The molecule has 1 rings (SSSR count). The molecule has 1 atom stereocenters. The monoisotopic (exact) mass is 453 g/mol. The van der Waals surface area contributed by atoms with Gasteiger partial charge in [0.05, 0.1) is 12.0 Å². The predicted octanol–water partition coefficient (Wildman–Crippen LogP) is 0.943. The fourth-order valence-corrected chi connectivity index (χ4v) is 2.53. The Morgan fingerprint density at radius 1 is 1.29 bits per heavy atom. The van der Waals surface area contributed by atoms with E-state index in [-0.39, 0.29) is 41.8 Å². The van der Waals surface area contributed by atoms with E-state index < -0.39 is 5.41 Å². The highest BCUT2D eigenvalue weighted by Crippen LogP contribution is 2.15. The number of amides is 2. The summed E-state index contributed by atoms with van der Waals surface area (Å²) < 4.78 is 0. The normalized spacial score (nSPS) is 18.0. The molecule has 0 aliphatic carbocycles. The number of aliphatic imine (C=N–C) groups is 1. The highest BCUT2D eigenvalue weighted by Gasteiger charge is 2.28. The number of rotatable bonds is 6. The number of nitrogens with zero attached hydrogens (tertiary/aromatic N) is 2. The molecule has 7 nitrogen and oxygen atoms in total. The van der Waals surface area contributed by atoms with Gasteiger partial charge in [-0.15, -0.1) is 24.0 Å². The first-order valence-corrected chi connectivity index (χ1v) is 8.38. The SMILES string of the molecule is CCNC(=NCC(C)(C)C(=O)NC)NC1CCN(C(=O)CC)C1.I. The quantitative estimate of drug-likeness (QED) is 0.318. The van der Waals surface area contributed by atoms with Crippen LogP contribution in [-0.4, -0.2) is 61.9 Å². The van der Waals surface area contributed by atoms with Crippen LogP contribution in [0, 0.1) is 5.41 Å². The lowest BCUT2D eigenvalue weighted by Crippen LogP contribution is -2.46. The summed E-state index contributed by atoms with van der Waals surface area (Å²) in [6, 6.07) is 0.200. The van der Waals surface area contributed by atoms with Crippen LogP contribution in [0.3, 0.4) is 0 Å². The second kappa shape index (κ2) is 10.7. The van der Waals surface area contributed by atoms with Crippen LogP contribution in [0.4, 0.5) is 0 Å². The summed E-state index contributed by atoms with van der Waals surface area (Å²) in [5.41, 5.74) is -0.559. The van der Waals surface area contributed by atoms with Gasteiger partial charge in [-0.1, -0.05) is 6.92 Å². The smallest absolute Gasteiger partial charge is 0.227 e. The summed E-state index contributed by atoms with van der Waals surface area (Å²) in [7, 11) is 1.63. The molecule has 0 spiro atoms. The third-order valence-corrected chi connectivity index (χ3v) is 4.00. The van der Waals surface area contributed by atoms with Crippen molar-refractivity contribution in [2.75, 3.05) is 33.2 Å². The summed E-state index contributed by atoms with van der Waals surface area (Å²) in [5, 5.41) is 9.24. The molecule has 0 saturated carbocycles. The topological polar surface area (TPSA) is 85.8 Å². The van der Waals surface area contributed by atoms with Gasteiger partial charge in [-0.05, 0) is 27.2 Å². The Morgan fingerprint density at radius 3 is 2.50 bits per heavy atom. The van der Waals surface area contributed by atoms with Gasteiger partial charge in [0.2, 0.25) is 11.8 Å². The van der Waals surface area contributed by atoms with E-state index in [1.54, 1.807) is 7.05 Å². The van der Waals surface area contributed by atoms with Gasteiger partial charge < -0.3 is 20.9 Å². The van der Waals surface area contributed by atoms with Crippen molar-refractivity contribution < 1.29 is 9.59 Å². The standard InChI is InChI=1S/C16H31N5O2.HI/c1-6-13(22)21-9-8-12(10-21)20-15(18-7-2)19-11-16(3,4)14(23)17-5;/h12H,6-11H2,1-5H3,(H,17,23)(H2,18,19,20);1H. The number of carbonyl (C=O) groups excluding carboxylic acids is 2. The van der Waals surface area contributed by atoms with Crippen LogP contribution < -0.4 is 16.0 Å². The molecule has 0 radical (unpaired) electrons. The average molecular weight is 453 g/mol. The van der Waals surface area contributed by atoms with Crippen molar-refractivity contribution >= 4 is 41.8 Å². The number of carbonyl (C=O) groups is 2. The lowest BCUT2D eigenvalue weighted by Gasteiger charge is -2.22. The Hall–Kier alpha value is -1.06. The molecular formula is C16H32IN5O2. The summed E-state index contributed by atoms with van der Waals surface area (Å²) in [5.74, 6) is 0.856. The number of hydrogen-bond donors (Lipinski definition) is 3. The van der Waals surface area contributed by atoms with Crippen molar-refractivity contribution in [3.05, 3.63) is 0 Å². The minimum atomic E-state index is -0.559. The van der Waals surface area contributed by atoms with Gasteiger partial charge in [0.25, 0.3) is 0 Å². The first kappa shape index (κ1) is 22.9. The van der Waals surface area contributed by atoms with Crippen LogP contribution in [0.25, 0.3) is 0 Å². The lowest BCUT2D eigenvalue weighted by molar-refractivity contribution is -0.130. The fraction of sp³-hybridized carbons (Fsp3) is 0.812. The van der Waals surface area contributed by atoms with Crippen molar-refractivity contribution in [2.45, 2.75) is 46.6 Å². The second-order valence-electron chi connectivity index (χ2n) is 6.48. The first-order valence-electron chi connectivity index (χ1n) is 8.38. The number of guanidine groups is 1. The summed E-state index contributed by atoms with van der Waals surface area (Å²) >= 11 is 0. The van der Waals surface area contributed by atoms with E-state index in [1.807, 2.05) is 32.6 Å². The number of halogens is 1. The Labute approximate surface area is 162 Å². The second-order valence-corrected chi connectivity index (χ2v) is 6.48. The highest BCUT2D eigenvalue weighted by atomic mass is 127. The van der Waals surface area contributed by atoms with E-state index in [0.717, 1.165) is 19.5 Å². The van der Waals surface area contributed by atoms with Crippen LogP contribution in [0.5, 0.6) is 0 Å². The maximum atomic E-state index is 11.8. The zero-order valence-electron chi connectivity index (χ0n) is 15.4. The van der Waals surface area contributed by atoms with Crippen molar-refractivity contribution in [3.8, 4) is 0 Å². The van der Waals surface area contributed by atoms with Gasteiger partial charge in [0.15, 0.2) is 5.96 Å². The molecule has 1 aliphatic rings. The molecule has 3 N–H and O–H groups in total. The van der Waals surface area contributed by atoms with Gasteiger partial charge in [0, 0.05) is 39.1 Å². The molecule has 24 heavy (non-hydrogen) atoms. The van der Waals surface area contributed by atoms with Crippen molar-refractivity contribution in [3.63, 3.8) is 0 Å². The number of hydrogen-bond acceptors (Lipinski definition) is 3. The van der Waals surface area contributed by atoms with Crippen molar-refractivity contribution in [2.24, 2.45) is 10.4 Å². The lowest BCUT2D eigenvalue weighted by atomic mass is 9.93. The molecule has 1 aliphatic heterocycles. The van der Waals surface area contributed by atoms with E-state index in [2.05, 4.69) is 20.9 Å². The summed E-state index contributed by atoms with van der Waals surface area (Å²) in [6.45, 7) is 10.3. The average Bonchev–Trinajstić information content (AvgIpc) is 2.99. The maximum absolute atomic E-state index is 11.8. The maximum Gasteiger partial charge on any atom is 0.227 e. The van der Waals surface area contributed by atoms with Crippen LogP contribution in [0.2, 0.25) is 0 Å². The fourth-order valence-electron chi connectivity index (χ4n) is 2.53. The van der Waals surface area contributed by atoms with E-state index in [9.17, 15) is 9.59 Å². The first-order chi connectivity index (χ1) is 10.8. The molecule has 0 aromatic heterocycles. The third kappa shape index (κ3) is 6.82. The van der Waals surface area contributed by atoms with Crippen LogP contribution in [0.15, 0.2) is 4.99 Å². The zero-order chi connectivity index (χ0) is 17.5. The predicted molar refractivity (Wildman–Crippen MR) is 108 cm³/mol. The van der Waals surface area contributed by atoms with Gasteiger partial charge in [0.1, 0.15) is 0 Å². The van der Waals surface area contributed by atoms with Crippen LogP contribution in [-0.2, 0) is 9.59 Å².